The van der Waals surface area contributed by atoms with Gasteiger partial charge >= 0.3 is 5.69 Å². The molecule has 7 nitrogen and oxygen atoms in total. The van der Waals surface area contributed by atoms with E-state index in [0.717, 1.165) is 10.6 Å². The van der Waals surface area contributed by atoms with Crippen molar-refractivity contribution in [2.24, 2.45) is 0 Å². The van der Waals surface area contributed by atoms with Gasteiger partial charge in [-0.3, -0.25) is 9.48 Å². The Bertz CT molecular complexity index is 1100. The number of imidazole rings is 1. The van der Waals surface area contributed by atoms with Gasteiger partial charge in [0.25, 0.3) is 5.91 Å². The molecule has 4 rings (SSSR count). The molecular weight excluding hydrogens is 338 g/mol. The molecule has 3 aromatic heterocycles. The number of nitrogens with one attached hydrogen (secondary N) is 3. The molecule has 126 valence electrons. The molecule has 3 heterocycles. The second-order valence-electron chi connectivity index (χ2n) is 5.50. The van der Waals surface area contributed by atoms with E-state index >= 15 is 0 Å². The maximum absolute atomic E-state index is 12.7. The second-order valence-corrected chi connectivity index (χ2v) is 6.45. The van der Waals surface area contributed by atoms with E-state index in [9.17, 15) is 9.59 Å². The van der Waals surface area contributed by atoms with Gasteiger partial charge in [-0.15, -0.1) is 11.3 Å². The van der Waals surface area contributed by atoms with Crippen molar-refractivity contribution in [3.05, 3.63) is 58.0 Å². The molecule has 0 unspecified atom stereocenters. The Hall–Kier alpha value is -3.13. The zero-order valence-electron chi connectivity index (χ0n) is 13.4. The lowest BCUT2D eigenvalue weighted by Gasteiger charge is -2.06. The summed E-state index contributed by atoms with van der Waals surface area (Å²) in [5.74, 6) is -0.241. The average Bonchev–Trinajstić information content (AvgIpc) is 3.32. The Morgan fingerprint density at radius 1 is 1.24 bits per heavy atom. The van der Waals surface area contributed by atoms with Gasteiger partial charge in [0.15, 0.2) is 0 Å². The first kappa shape index (κ1) is 15.4. The maximum Gasteiger partial charge on any atom is 0.323 e. The smallest absolute Gasteiger partial charge is 0.321 e. The number of aryl methyl sites for hydroxylation is 1. The summed E-state index contributed by atoms with van der Waals surface area (Å²) < 4.78 is 1.68. The van der Waals surface area contributed by atoms with E-state index in [1.165, 1.54) is 0 Å². The van der Waals surface area contributed by atoms with Gasteiger partial charge < -0.3 is 15.3 Å². The molecule has 0 saturated carbocycles. The molecule has 0 radical (unpaired) electrons. The van der Waals surface area contributed by atoms with Gasteiger partial charge in [0, 0.05) is 12.2 Å². The van der Waals surface area contributed by atoms with Crippen molar-refractivity contribution < 1.29 is 4.79 Å². The fraction of sp³-hybridized carbons (Fsp3) is 0.118. The van der Waals surface area contributed by atoms with Crippen molar-refractivity contribution in [2.75, 3.05) is 5.32 Å². The van der Waals surface area contributed by atoms with Crippen LogP contribution < -0.4 is 11.0 Å². The highest BCUT2D eigenvalue weighted by Gasteiger charge is 2.16. The Morgan fingerprint density at radius 2 is 2.08 bits per heavy atom. The van der Waals surface area contributed by atoms with Crippen molar-refractivity contribution in [1.29, 1.82) is 0 Å². The molecule has 25 heavy (non-hydrogen) atoms. The summed E-state index contributed by atoms with van der Waals surface area (Å²) in [5, 5.41) is 9.34. The van der Waals surface area contributed by atoms with E-state index < -0.39 is 0 Å². The highest BCUT2D eigenvalue weighted by molar-refractivity contribution is 7.13. The zero-order chi connectivity index (χ0) is 17.4. The largest absolute Gasteiger partial charge is 0.323 e. The topological polar surface area (TPSA) is 95.6 Å². The molecule has 0 bridgehead atoms. The van der Waals surface area contributed by atoms with Crippen LogP contribution in [0, 0.1) is 0 Å². The number of H-pyrrole nitrogens is 2. The number of aromatic amines is 2. The number of amides is 1. The Labute approximate surface area is 146 Å². The van der Waals surface area contributed by atoms with Gasteiger partial charge in [-0.25, -0.2) is 4.79 Å². The molecule has 3 N–H and O–H groups in total. The van der Waals surface area contributed by atoms with E-state index in [1.807, 2.05) is 24.4 Å². The number of carbonyl (C=O) groups is 1. The molecule has 0 fully saturated rings. The number of fused-ring (bicyclic) bond motifs is 1. The standard InChI is InChI=1S/C17H15N5O2S/c1-2-22-14(9-13(21-22)15-4-3-7-25-15)16(23)18-10-5-6-11-12(8-10)20-17(24)19-11/h3-9H,2H2,1H3,(H,18,23)(H2,19,20,24). The van der Waals surface area contributed by atoms with Crippen LogP contribution in [0.4, 0.5) is 5.69 Å². The fourth-order valence-electron chi connectivity index (χ4n) is 2.69. The number of thiophene rings is 1. The third-order valence-electron chi connectivity index (χ3n) is 3.86. The molecule has 0 aliphatic rings. The molecule has 1 aromatic carbocycles. The summed E-state index contributed by atoms with van der Waals surface area (Å²) in [4.78, 5) is 30.4. The van der Waals surface area contributed by atoms with E-state index in [4.69, 9.17) is 0 Å². The van der Waals surface area contributed by atoms with Crippen molar-refractivity contribution >= 4 is 34.0 Å². The average molecular weight is 353 g/mol. The van der Waals surface area contributed by atoms with E-state index in [0.29, 0.717) is 29.0 Å². The summed E-state index contributed by atoms with van der Waals surface area (Å²) in [6.45, 7) is 2.54. The minimum Gasteiger partial charge on any atom is -0.321 e. The van der Waals surface area contributed by atoms with Crippen LogP contribution in [0.5, 0.6) is 0 Å². The summed E-state index contributed by atoms with van der Waals surface area (Å²) in [5.41, 5.74) is 2.95. The summed E-state index contributed by atoms with van der Waals surface area (Å²) in [7, 11) is 0. The van der Waals surface area contributed by atoms with E-state index in [-0.39, 0.29) is 11.6 Å². The van der Waals surface area contributed by atoms with Crippen LogP contribution in [0.3, 0.4) is 0 Å². The lowest BCUT2D eigenvalue weighted by molar-refractivity contribution is 0.101. The summed E-state index contributed by atoms with van der Waals surface area (Å²) in [6, 6.07) is 10.9. The Kier molecular flexibility index (Phi) is 3.73. The number of nitrogens with zero attached hydrogens (tertiary/aromatic N) is 2. The van der Waals surface area contributed by atoms with Crippen molar-refractivity contribution in [3.63, 3.8) is 0 Å². The van der Waals surface area contributed by atoms with Crippen LogP contribution in [-0.2, 0) is 6.54 Å². The molecule has 0 aliphatic carbocycles. The number of rotatable bonds is 4. The molecule has 8 heteroatoms. The van der Waals surface area contributed by atoms with Crippen LogP contribution >= 0.6 is 11.3 Å². The number of anilines is 1. The minimum absolute atomic E-state index is 0.241. The molecule has 0 spiro atoms. The van der Waals surface area contributed by atoms with Gasteiger partial charge in [-0.05, 0) is 42.6 Å². The third kappa shape index (κ3) is 2.87. The normalized spacial score (nSPS) is 11.1. The minimum atomic E-state index is -0.275. The van der Waals surface area contributed by atoms with E-state index in [2.05, 4.69) is 20.4 Å². The van der Waals surface area contributed by atoms with Crippen LogP contribution in [-0.4, -0.2) is 25.7 Å². The highest BCUT2D eigenvalue weighted by atomic mass is 32.1. The number of hydrogen-bond donors (Lipinski definition) is 3. The van der Waals surface area contributed by atoms with Gasteiger partial charge in [0.05, 0.1) is 15.9 Å². The SMILES string of the molecule is CCn1nc(-c2cccs2)cc1C(=O)Nc1ccc2[nH]c(=O)[nH]c2c1. The molecule has 0 aliphatic heterocycles. The first-order valence-corrected chi connectivity index (χ1v) is 8.67. The highest BCUT2D eigenvalue weighted by Crippen LogP contribution is 2.25. The Morgan fingerprint density at radius 3 is 2.84 bits per heavy atom. The first-order chi connectivity index (χ1) is 12.1. The lowest BCUT2D eigenvalue weighted by atomic mass is 10.2. The van der Waals surface area contributed by atoms with Gasteiger partial charge in [0.2, 0.25) is 0 Å². The molecule has 0 atom stereocenters. The van der Waals surface area contributed by atoms with Gasteiger partial charge in [-0.1, -0.05) is 6.07 Å². The molecule has 1 amide bonds. The van der Waals surface area contributed by atoms with Crippen molar-refractivity contribution in [1.82, 2.24) is 19.7 Å². The quantitative estimate of drug-likeness (QED) is 0.526. The number of carbonyl (C=O) groups excluding carboxylic acids is 1. The second kappa shape index (κ2) is 6.06. The monoisotopic (exact) mass is 353 g/mol. The van der Waals surface area contributed by atoms with Crippen LogP contribution in [0.1, 0.15) is 17.4 Å². The summed E-state index contributed by atoms with van der Waals surface area (Å²) in [6.07, 6.45) is 0. The van der Waals surface area contributed by atoms with Crippen LogP contribution in [0.15, 0.2) is 46.6 Å². The van der Waals surface area contributed by atoms with E-state index in [1.54, 1.807) is 40.3 Å². The Balaban J connectivity index is 1.64. The maximum atomic E-state index is 12.7. The third-order valence-corrected chi connectivity index (χ3v) is 4.75. The summed E-state index contributed by atoms with van der Waals surface area (Å²) >= 11 is 1.58. The van der Waals surface area contributed by atoms with Gasteiger partial charge in [-0.2, -0.15) is 5.10 Å². The first-order valence-electron chi connectivity index (χ1n) is 7.79. The molecular formula is C17H15N5O2S. The fourth-order valence-corrected chi connectivity index (χ4v) is 3.37. The number of aromatic nitrogens is 4. The van der Waals surface area contributed by atoms with Crippen LogP contribution in [0.2, 0.25) is 0 Å². The lowest BCUT2D eigenvalue weighted by Crippen LogP contribution is -2.17. The number of hydrogen-bond acceptors (Lipinski definition) is 4. The predicted octanol–water partition coefficient (Wildman–Crippen LogP) is 3.05. The van der Waals surface area contributed by atoms with Crippen LogP contribution in [0.25, 0.3) is 21.6 Å². The van der Waals surface area contributed by atoms with Gasteiger partial charge in [0.1, 0.15) is 11.4 Å². The van der Waals surface area contributed by atoms with Crippen molar-refractivity contribution in [2.45, 2.75) is 13.5 Å². The molecule has 4 aromatic rings. The van der Waals surface area contributed by atoms with Crippen molar-refractivity contribution in [3.8, 4) is 10.6 Å². The molecule has 0 saturated heterocycles. The zero-order valence-corrected chi connectivity index (χ0v) is 14.2. The number of benzene rings is 1. The predicted molar refractivity (Wildman–Crippen MR) is 98.1 cm³/mol.